The molecule has 0 unspecified atom stereocenters. The summed E-state index contributed by atoms with van der Waals surface area (Å²) in [4.78, 5) is 25.4. The van der Waals surface area contributed by atoms with Gasteiger partial charge in [0.05, 0.1) is 24.7 Å². The molecule has 1 aliphatic rings. The first-order valence-electron chi connectivity index (χ1n) is 6.11. The van der Waals surface area contributed by atoms with Gasteiger partial charge in [-0.3, -0.25) is 14.3 Å². The second-order valence-electron chi connectivity index (χ2n) is 4.47. The van der Waals surface area contributed by atoms with Gasteiger partial charge in [-0.1, -0.05) is 6.92 Å². The van der Waals surface area contributed by atoms with Crippen LogP contribution >= 0.6 is 0 Å². The van der Waals surface area contributed by atoms with Gasteiger partial charge >= 0.3 is 5.69 Å². The monoisotopic (exact) mass is 265 g/mol. The Morgan fingerprint density at radius 1 is 1.63 bits per heavy atom. The number of hydrogen-bond donors (Lipinski definition) is 2. The van der Waals surface area contributed by atoms with Gasteiger partial charge in [0.1, 0.15) is 6.23 Å². The third-order valence-corrected chi connectivity index (χ3v) is 3.23. The summed E-state index contributed by atoms with van der Waals surface area (Å²) in [5, 5.41) is 18.4. The van der Waals surface area contributed by atoms with Crippen molar-refractivity contribution in [2.45, 2.75) is 44.6 Å². The lowest BCUT2D eigenvalue weighted by Gasteiger charge is -2.14. The van der Waals surface area contributed by atoms with E-state index in [0.29, 0.717) is 12.0 Å². The topological polar surface area (TPSA) is 108 Å². The van der Waals surface area contributed by atoms with E-state index in [2.05, 4.69) is 4.98 Å². The molecule has 7 nitrogen and oxygen atoms in total. The average Bonchev–Trinajstić information content (AvgIpc) is 2.71. The summed E-state index contributed by atoms with van der Waals surface area (Å²) < 4.78 is 6.75. The van der Waals surface area contributed by atoms with Crippen molar-refractivity contribution >= 4 is 0 Å². The quantitative estimate of drug-likeness (QED) is 0.777. The van der Waals surface area contributed by atoms with Crippen molar-refractivity contribution in [3.8, 4) is 6.07 Å². The smallest absolute Gasteiger partial charge is 0.330 e. The summed E-state index contributed by atoms with van der Waals surface area (Å²) >= 11 is 0. The molecule has 2 rings (SSSR count). The summed E-state index contributed by atoms with van der Waals surface area (Å²) in [6.07, 6.45) is 0.202. The van der Waals surface area contributed by atoms with Crippen LogP contribution in [0.3, 0.4) is 0 Å². The molecule has 0 spiro atoms. The van der Waals surface area contributed by atoms with Gasteiger partial charge in [-0.15, -0.1) is 0 Å². The van der Waals surface area contributed by atoms with Crippen molar-refractivity contribution in [3.05, 3.63) is 32.6 Å². The van der Waals surface area contributed by atoms with E-state index >= 15 is 0 Å². The molecule has 1 saturated heterocycles. The van der Waals surface area contributed by atoms with Gasteiger partial charge in [0.2, 0.25) is 0 Å². The molecule has 1 aromatic rings. The fourth-order valence-electron chi connectivity index (χ4n) is 2.15. The van der Waals surface area contributed by atoms with Crippen LogP contribution in [0.4, 0.5) is 0 Å². The molecule has 0 radical (unpaired) electrons. The molecule has 3 atom stereocenters. The van der Waals surface area contributed by atoms with E-state index in [1.165, 1.54) is 10.8 Å². The molecule has 2 heterocycles. The van der Waals surface area contributed by atoms with Crippen LogP contribution in [0, 0.1) is 11.3 Å². The van der Waals surface area contributed by atoms with E-state index in [0.717, 1.165) is 0 Å². The van der Waals surface area contributed by atoms with Gasteiger partial charge in [-0.25, -0.2) is 4.79 Å². The van der Waals surface area contributed by atoms with Crippen molar-refractivity contribution < 1.29 is 9.84 Å². The minimum absolute atomic E-state index is 0.0659. The van der Waals surface area contributed by atoms with Crippen molar-refractivity contribution in [2.24, 2.45) is 0 Å². The first-order valence-corrected chi connectivity index (χ1v) is 6.11. The maximum Gasteiger partial charge on any atom is 0.330 e. The minimum Gasteiger partial charge on any atom is -0.390 e. The standard InChI is InChI=1S/C12H15N3O4/c1-2-7-6-15(12(18)14-11(7)17)10-5-8(16)9(19-10)3-4-13/h6,8-10,16H,2-3,5H2,1H3,(H,14,17,18)/t8-,9+,10+/m0/s1. The zero-order chi connectivity index (χ0) is 14.0. The second-order valence-corrected chi connectivity index (χ2v) is 4.47. The lowest BCUT2D eigenvalue weighted by Crippen LogP contribution is -2.34. The number of aliphatic hydroxyl groups excluding tert-OH is 1. The fraction of sp³-hybridized carbons (Fsp3) is 0.583. The van der Waals surface area contributed by atoms with E-state index in [1.807, 2.05) is 13.0 Å². The molecule has 102 valence electrons. The lowest BCUT2D eigenvalue weighted by atomic mass is 10.1. The highest BCUT2D eigenvalue weighted by atomic mass is 16.5. The molecule has 19 heavy (non-hydrogen) atoms. The summed E-state index contributed by atoms with van der Waals surface area (Å²) in [6.45, 7) is 1.81. The van der Waals surface area contributed by atoms with Crippen LogP contribution in [0.1, 0.15) is 31.6 Å². The first-order chi connectivity index (χ1) is 9.06. The Labute approximate surface area is 109 Å². The largest absolute Gasteiger partial charge is 0.390 e. The Kier molecular flexibility index (Phi) is 3.83. The number of hydrogen-bond acceptors (Lipinski definition) is 5. The second kappa shape index (κ2) is 5.38. The SMILES string of the molecule is CCc1cn([C@H]2C[C@H](O)[C@@H](CC#N)O2)c(=O)[nH]c1=O. The van der Waals surface area contributed by atoms with Gasteiger partial charge in [-0.05, 0) is 6.42 Å². The van der Waals surface area contributed by atoms with Crippen LogP contribution < -0.4 is 11.2 Å². The molecule has 0 aromatic carbocycles. The van der Waals surface area contributed by atoms with Crippen molar-refractivity contribution in [3.63, 3.8) is 0 Å². The van der Waals surface area contributed by atoms with Gasteiger partial charge < -0.3 is 9.84 Å². The number of aromatic nitrogens is 2. The van der Waals surface area contributed by atoms with E-state index in [-0.39, 0.29) is 12.8 Å². The third-order valence-electron chi connectivity index (χ3n) is 3.23. The molecule has 1 fully saturated rings. The summed E-state index contributed by atoms with van der Waals surface area (Å²) in [6, 6.07) is 1.93. The van der Waals surface area contributed by atoms with Crippen LogP contribution in [-0.4, -0.2) is 26.9 Å². The molecular weight excluding hydrogens is 250 g/mol. The normalized spacial score (nSPS) is 26.3. The fourth-order valence-corrected chi connectivity index (χ4v) is 2.15. The molecule has 1 aromatic heterocycles. The molecule has 2 N–H and O–H groups in total. The summed E-state index contributed by atoms with van der Waals surface area (Å²) in [5.41, 5.74) is -0.505. The van der Waals surface area contributed by atoms with Crippen LogP contribution in [0.2, 0.25) is 0 Å². The zero-order valence-corrected chi connectivity index (χ0v) is 10.5. The maximum absolute atomic E-state index is 11.7. The Balaban J connectivity index is 2.32. The number of nitriles is 1. The summed E-state index contributed by atoms with van der Waals surface area (Å²) in [7, 11) is 0. The molecule has 0 amide bonds. The highest BCUT2D eigenvalue weighted by molar-refractivity contribution is 5.05. The van der Waals surface area contributed by atoms with Crippen molar-refractivity contribution in [1.29, 1.82) is 5.26 Å². The van der Waals surface area contributed by atoms with Gasteiger partial charge in [0.25, 0.3) is 5.56 Å². The number of rotatable bonds is 3. The van der Waals surface area contributed by atoms with E-state index < -0.39 is 29.7 Å². The predicted octanol–water partition coefficient (Wildman–Crippen LogP) is -0.339. The van der Waals surface area contributed by atoms with Gasteiger partial charge in [0, 0.05) is 18.2 Å². The average molecular weight is 265 g/mol. The molecular formula is C12H15N3O4. The number of aliphatic hydroxyl groups is 1. The number of aromatic amines is 1. The molecule has 1 aliphatic heterocycles. The molecule has 0 aliphatic carbocycles. The highest BCUT2D eigenvalue weighted by Gasteiger charge is 2.35. The van der Waals surface area contributed by atoms with Crippen LogP contribution in [0.15, 0.2) is 15.8 Å². The number of nitrogens with one attached hydrogen (secondary N) is 1. The highest BCUT2D eigenvalue weighted by Crippen LogP contribution is 2.29. The van der Waals surface area contributed by atoms with Crippen LogP contribution in [0.5, 0.6) is 0 Å². The molecule has 0 saturated carbocycles. The van der Waals surface area contributed by atoms with Gasteiger partial charge in [-0.2, -0.15) is 5.26 Å². The number of H-pyrrole nitrogens is 1. The Morgan fingerprint density at radius 2 is 2.37 bits per heavy atom. The zero-order valence-electron chi connectivity index (χ0n) is 10.5. The van der Waals surface area contributed by atoms with Crippen molar-refractivity contribution in [2.75, 3.05) is 0 Å². The van der Waals surface area contributed by atoms with Crippen LogP contribution in [-0.2, 0) is 11.2 Å². The van der Waals surface area contributed by atoms with E-state index in [9.17, 15) is 14.7 Å². The molecule has 7 heteroatoms. The van der Waals surface area contributed by atoms with Crippen molar-refractivity contribution in [1.82, 2.24) is 9.55 Å². The van der Waals surface area contributed by atoms with E-state index in [4.69, 9.17) is 10.00 Å². The number of ether oxygens (including phenoxy) is 1. The van der Waals surface area contributed by atoms with Gasteiger partial charge in [0.15, 0.2) is 0 Å². The Morgan fingerprint density at radius 3 is 3.00 bits per heavy atom. The number of aryl methyl sites for hydroxylation is 1. The Bertz CT molecular complexity index is 613. The predicted molar refractivity (Wildman–Crippen MR) is 65.5 cm³/mol. The Hall–Kier alpha value is -1.91. The molecule has 0 bridgehead atoms. The van der Waals surface area contributed by atoms with Crippen LogP contribution in [0.25, 0.3) is 0 Å². The maximum atomic E-state index is 11.7. The third kappa shape index (κ3) is 2.59. The first kappa shape index (κ1) is 13.5. The summed E-state index contributed by atoms with van der Waals surface area (Å²) in [5.74, 6) is 0. The van der Waals surface area contributed by atoms with E-state index in [1.54, 1.807) is 0 Å². The minimum atomic E-state index is -0.784. The lowest BCUT2D eigenvalue weighted by molar-refractivity contribution is -0.0176. The number of nitrogens with zero attached hydrogens (tertiary/aromatic N) is 2.